The van der Waals surface area contributed by atoms with Crippen molar-refractivity contribution in [1.29, 1.82) is 5.26 Å². The topological polar surface area (TPSA) is 126 Å². The first kappa shape index (κ1) is 23.7. The normalized spacial score (nSPS) is 19.2. The van der Waals surface area contributed by atoms with Crippen molar-refractivity contribution in [3.8, 4) is 17.7 Å². The molecule has 3 aromatic rings. The highest BCUT2D eigenvalue weighted by Crippen LogP contribution is 2.48. The van der Waals surface area contributed by atoms with Crippen LogP contribution in [-0.2, 0) is 25.0 Å². The van der Waals surface area contributed by atoms with E-state index in [1.165, 1.54) is 25.3 Å². The molecule has 2 aliphatic rings. The van der Waals surface area contributed by atoms with Crippen molar-refractivity contribution in [3.05, 3.63) is 36.0 Å². The first-order valence-electron chi connectivity index (χ1n) is 10.8. The van der Waals surface area contributed by atoms with Crippen molar-refractivity contribution >= 4 is 30.7 Å². The minimum Gasteiger partial charge on any atom is -0.435 e. The molecule has 184 valence electrons. The lowest BCUT2D eigenvalue weighted by molar-refractivity contribution is -0.0404. The first-order valence-corrected chi connectivity index (χ1v) is 14.0. The summed E-state index contributed by atoms with van der Waals surface area (Å²) in [6.45, 7) is 1.46. The van der Waals surface area contributed by atoms with Crippen molar-refractivity contribution in [3.63, 3.8) is 0 Å². The lowest BCUT2D eigenvalue weighted by atomic mass is 9.99. The van der Waals surface area contributed by atoms with Crippen LogP contribution in [0.2, 0.25) is 0 Å². The Morgan fingerprint density at radius 1 is 1.23 bits per heavy atom. The lowest BCUT2D eigenvalue weighted by Gasteiger charge is -2.13. The van der Waals surface area contributed by atoms with Gasteiger partial charge in [-0.2, -0.15) is 18.4 Å². The van der Waals surface area contributed by atoms with Crippen LogP contribution in [0.15, 0.2) is 49.0 Å². The Morgan fingerprint density at radius 2 is 1.94 bits per heavy atom. The van der Waals surface area contributed by atoms with E-state index in [4.69, 9.17) is 4.42 Å². The molecule has 0 radical (unpaired) electrons. The molecular weight excluding hydrogens is 505 g/mol. The van der Waals surface area contributed by atoms with Crippen molar-refractivity contribution in [1.82, 2.24) is 9.97 Å². The third kappa shape index (κ3) is 3.98. The van der Waals surface area contributed by atoms with Gasteiger partial charge in [0.2, 0.25) is 5.89 Å². The molecular formula is C22H19F3N4O4S2. The molecule has 0 amide bonds. The molecule has 2 fully saturated rings. The van der Waals surface area contributed by atoms with Gasteiger partial charge < -0.3 is 4.42 Å². The Kier molecular flexibility index (Phi) is 5.27. The van der Waals surface area contributed by atoms with Crippen LogP contribution >= 0.6 is 0 Å². The summed E-state index contributed by atoms with van der Waals surface area (Å²) < 4.78 is 89.0. The Hall–Kier alpha value is -2.98. The number of fused-ring (bicyclic) bond motifs is 1. The van der Waals surface area contributed by atoms with Crippen LogP contribution in [0.5, 0.6) is 0 Å². The fraction of sp³-hybridized carbons (Fsp3) is 0.409. The van der Waals surface area contributed by atoms with E-state index in [9.17, 15) is 31.1 Å². The third-order valence-corrected chi connectivity index (χ3v) is 9.98. The predicted octanol–water partition coefficient (Wildman–Crippen LogP) is 4.75. The largest absolute Gasteiger partial charge is 0.483 e. The number of alkyl halides is 3. The fourth-order valence-corrected chi connectivity index (χ4v) is 6.39. The second-order valence-electron chi connectivity index (χ2n) is 8.62. The van der Waals surface area contributed by atoms with Crippen LogP contribution < -0.4 is 0 Å². The molecule has 2 heterocycles. The van der Waals surface area contributed by atoms with Gasteiger partial charge in [0.1, 0.15) is 11.2 Å². The molecule has 0 bridgehead atoms. The van der Waals surface area contributed by atoms with Gasteiger partial charge in [0.15, 0.2) is 25.1 Å². The number of nitrogens with zero attached hydrogens (tertiary/aromatic N) is 4. The monoisotopic (exact) mass is 524 g/mol. The molecule has 1 unspecified atom stereocenters. The molecule has 8 nitrogen and oxygen atoms in total. The van der Waals surface area contributed by atoms with E-state index in [0.29, 0.717) is 31.2 Å². The Morgan fingerprint density at radius 3 is 2.51 bits per heavy atom. The van der Waals surface area contributed by atoms with E-state index in [2.05, 4.69) is 20.4 Å². The highest BCUT2D eigenvalue weighted by Gasteiger charge is 2.47. The fourth-order valence-electron chi connectivity index (χ4n) is 3.67. The summed E-state index contributed by atoms with van der Waals surface area (Å²) >= 11 is 0. The molecule has 5 rings (SSSR count). The molecule has 1 aromatic carbocycles. The maximum atomic E-state index is 13.7. The predicted molar refractivity (Wildman–Crippen MR) is 119 cm³/mol. The van der Waals surface area contributed by atoms with Crippen LogP contribution in [0.3, 0.4) is 0 Å². The summed E-state index contributed by atoms with van der Waals surface area (Å²) in [5.74, 6) is -0.457. The minimum atomic E-state index is -5.07. The second kappa shape index (κ2) is 7.76. The maximum Gasteiger partial charge on any atom is 0.483 e. The Bertz CT molecular complexity index is 1620. The smallest absolute Gasteiger partial charge is 0.435 e. The van der Waals surface area contributed by atoms with E-state index in [-0.39, 0.29) is 33.3 Å². The zero-order chi connectivity index (χ0) is 25.2. The summed E-state index contributed by atoms with van der Waals surface area (Å²) in [5.41, 5.74) is -5.46. The Labute approximate surface area is 199 Å². The summed E-state index contributed by atoms with van der Waals surface area (Å²) in [4.78, 5) is 7.69. The van der Waals surface area contributed by atoms with Crippen molar-refractivity contribution in [2.75, 3.05) is 5.75 Å². The van der Waals surface area contributed by atoms with Gasteiger partial charge in [0, 0.05) is 6.20 Å². The highest BCUT2D eigenvalue weighted by atomic mass is 32.2. The summed E-state index contributed by atoms with van der Waals surface area (Å²) in [7, 11) is -8.54. The zero-order valence-corrected chi connectivity index (χ0v) is 20.0. The average Bonchev–Trinajstić information content (AvgIpc) is 3.75. The number of hydrogen-bond donors (Lipinski definition) is 0. The quantitative estimate of drug-likeness (QED) is 0.455. The number of sulfone groups is 1. The molecule has 2 aromatic heterocycles. The van der Waals surface area contributed by atoms with E-state index < -0.39 is 41.4 Å². The molecule has 2 aliphatic carbocycles. The summed E-state index contributed by atoms with van der Waals surface area (Å²) in [5, 5.41) is 9.48. The van der Waals surface area contributed by atoms with E-state index in [1.54, 1.807) is 0 Å². The number of nitriles is 1. The number of halogens is 3. The van der Waals surface area contributed by atoms with Gasteiger partial charge in [-0.15, -0.1) is 0 Å². The van der Waals surface area contributed by atoms with Crippen LogP contribution in [-0.4, -0.2) is 39.9 Å². The molecule has 0 spiro atoms. The zero-order valence-electron chi connectivity index (χ0n) is 18.4. The van der Waals surface area contributed by atoms with E-state index >= 15 is 0 Å². The van der Waals surface area contributed by atoms with E-state index in [1.807, 2.05) is 0 Å². The van der Waals surface area contributed by atoms with Crippen LogP contribution in [0.25, 0.3) is 22.7 Å². The number of oxazole rings is 1. The van der Waals surface area contributed by atoms with Crippen LogP contribution in [0, 0.1) is 11.3 Å². The molecule has 0 aliphatic heterocycles. The van der Waals surface area contributed by atoms with Crippen molar-refractivity contribution < 1.29 is 30.2 Å². The standard InChI is InChI=1S/C22H19F3N4O4S2/c1-2-34(30,31)18-9-13(21(12-26)7-8-21)11-27-19(18)20-28-16-10-15(5-6-17(16)33-20)35(32,22(23,24)25)29-14-3-4-14/h5-6,9-11,14H,2-4,7-8H2,1H3. The molecule has 0 N–H and O–H groups in total. The van der Waals surface area contributed by atoms with Gasteiger partial charge in [-0.25, -0.2) is 27.0 Å². The lowest BCUT2D eigenvalue weighted by Crippen LogP contribution is -2.23. The van der Waals surface area contributed by atoms with Gasteiger partial charge in [-0.05, 0) is 55.5 Å². The van der Waals surface area contributed by atoms with Gasteiger partial charge in [0.25, 0.3) is 0 Å². The SMILES string of the molecule is CCS(=O)(=O)c1cc(C2(C#N)CC2)cnc1-c1nc2cc(S(=O)(=NC3CC3)C(F)(F)F)ccc2o1. The van der Waals surface area contributed by atoms with Crippen molar-refractivity contribution in [2.24, 2.45) is 4.36 Å². The molecule has 2 saturated carbocycles. The number of hydrogen-bond acceptors (Lipinski definition) is 8. The maximum absolute atomic E-state index is 13.7. The average molecular weight is 525 g/mol. The number of benzene rings is 1. The molecule has 0 saturated heterocycles. The first-order chi connectivity index (χ1) is 16.4. The van der Waals surface area contributed by atoms with Crippen LogP contribution in [0.4, 0.5) is 13.2 Å². The third-order valence-electron chi connectivity index (χ3n) is 6.12. The summed E-state index contributed by atoms with van der Waals surface area (Å²) in [6, 6.07) is 6.22. The van der Waals surface area contributed by atoms with Gasteiger partial charge in [-0.1, -0.05) is 6.92 Å². The highest BCUT2D eigenvalue weighted by molar-refractivity contribution is 7.94. The Balaban J connectivity index is 1.65. The molecule has 35 heavy (non-hydrogen) atoms. The number of pyridine rings is 1. The molecule has 1 atom stereocenters. The van der Waals surface area contributed by atoms with Crippen molar-refractivity contribution in [2.45, 2.75) is 59.4 Å². The second-order valence-corrected chi connectivity index (χ2v) is 13.1. The van der Waals surface area contributed by atoms with Gasteiger partial charge in [-0.3, -0.25) is 0 Å². The van der Waals surface area contributed by atoms with Gasteiger partial charge >= 0.3 is 5.51 Å². The van der Waals surface area contributed by atoms with Crippen LogP contribution in [0.1, 0.15) is 38.2 Å². The molecule has 13 heteroatoms. The summed E-state index contributed by atoms with van der Waals surface area (Å²) in [6.07, 6.45) is 3.48. The van der Waals surface area contributed by atoms with E-state index in [0.717, 1.165) is 12.1 Å². The number of aromatic nitrogens is 2. The minimum absolute atomic E-state index is 0.0399. The van der Waals surface area contributed by atoms with Gasteiger partial charge in [0.05, 0.1) is 33.1 Å². The number of rotatable bonds is 6.